The number of hydrogen-bond acceptors (Lipinski definition) is 5. The number of hydrogen-bond donors (Lipinski definition) is 4. The second-order valence-corrected chi connectivity index (χ2v) is 8.24. The second-order valence-electron chi connectivity index (χ2n) is 8.24. The minimum absolute atomic E-state index is 0.0370. The van der Waals surface area contributed by atoms with E-state index in [0.717, 1.165) is 0 Å². The number of amides is 1. The second kappa shape index (κ2) is 11.5. The van der Waals surface area contributed by atoms with Gasteiger partial charge in [0.05, 0.1) is 11.1 Å². The molecule has 0 aliphatic rings. The number of rotatable bonds is 8. The van der Waals surface area contributed by atoms with Gasteiger partial charge in [0.2, 0.25) is 6.41 Å². The highest BCUT2D eigenvalue weighted by Crippen LogP contribution is 2.37. The van der Waals surface area contributed by atoms with Gasteiger partial charge in [0.15, 0.2) is 0 Å². The van der Waals surface area contributed by atoms with E-state index in [1.165, 1.54) is 11.0 Å². The highest BCUT2D eigenvalue weighted by Gasteiger charge is 2.37. The van der Waals surface area contributed by atoms with Crippen molar-refractivity contribution in [1.29, 1.82) is 0 Å². The van der Waals surface area contributed by atoms with E-state index < -0.39 is 29.2 Å². The molecule has 0 unspecified atom stereocenters. The lowest BCUT2D eigenvalue weighted by molar-refractivity contribution is -0.143. The zero-order chi connectivity index (χ0) is 28.1. The molecule has 3 rings (SSSR count). The van der Waals surface area contributed by atoms with Crippen LogP contribution >= 0.6 is 0 Å². The first-order valence-corrected chi connectivity index (χ1v) is 11.2. The van der Waals surface area contributed by atoms with E-state index in [9.17, 15) is 31.1 Å². The Labute approximate surface area is 214 Å². The fraction of sp³-hybridized carbons (Fsp3) is 0.192. The molecule has 1 amide bonds. The molecular formula is C26H25F6N5O. The van der Waals surface area contributed by atoms with Gasteiger partial charge in [-0.25, -0.2) is 0 Å². The first-order chi connectivity index (χ1) is 17.8. The Bertz CT molecular complexity index is 1370. The first-order valence-electron chi connectivity index (χ1n) is 11.2. The smallest absolute Gasteiger partial charge is 0.398 e. The average Bonchev–Trinajstić information content (AvgIpc) is 2.88. The molecule has 0 radical (unpaired) electrons. The number of nitrogens with two attached hydrogens (primary N) is 2. The largest absolute Gasteiger partial charge is 0.416 e. The highest BCUT2D eigenvalue weighted by atomic mass is 19.4. The SMILES string of the molecule is CNCCN(C=O)c1ccc(/C(N)=c2\cccc\c2=C(\N)Nc2cc(C(F)(F)F)cc(C(F)(F)F)c2)cc1. The van der Waals surface area contributed by atoms with Gasteiger partial charge in [-0.2, -0.15) is 26.3 Å². The summed E-state index contributed by atoms with van der Waals surface area (Å²) in [6.45, 7) is 1.03. The van der Waals surface area contributed by atoms with Gasteiger partial charge in [-0.1, -0.05) is 36.4 Å². The van der Waals surface area contributed by atoms with Crippen LogP contribution < -0.4 is 37.4 Å². The number of carbonyl (C=O) groups is 1. The Hall–Kier alpha value is -4.19. The van der Waals surface area contributed by atoms with Gasteiger partial charge >= 0.3 is 12.4 Å². The molecule has 3 aromatic carbocycles. The van der Waals surface area contributed by atoms with Crippen LogP contribution in [-0.4, -0.2) is 26.5 Å². The fourth-order valence-corrected chi connectivity index (χ4v) is 3.67. The van der Waals surface area contributed by atoms with Crippen molar-refractivity contribution in [2.75, 3.05) is 30.4 Å². The minimum Gasteiger partial charge on any atom is -0.398 e. The number of benzene rings is 3. The zero-order valence-corrected chi connectivity index (χ0v) is 20.1. The summed E-state index contributed by atoms with van der Waals surface area (Å²) >= 11 is 0. The van der Waals surface area contributed by atoms with E-state index in [1.54, 1.807) is 49.5 Å². The van der Waals surface area contributed by atoms with E-state index >= 15 is 0 Å². The van der Waals surface area contributed by atoms with Crippen LogP contribution in [0.1, 0.15) is 16.7 Å². The topological polar surface area (TPSA) is 96.4 Å². The third kappa shape index (κ3) is 6.76. The van der Waals surface area contributed by atoms with Crippen LogP contribution in [0, 0.1) is 0 Å². The number of anilines is 2. The minimum atomic E-state index is -5.00. The zero-order valence-electron chi connectivity index (χ0n) is 20.1. The normalized spacial score (nSPS) is 13.6. The third-order valence-corrected chi connectivity index (χ3v) is 5.61. The predicted molar refractivity (Wildman–Crippen MR) is 134 cm³/mol. The molecule has 3 aromatic rings. The van der Waals surface area contributed by atoms with Crippen molar-refractivity contribution >= 4 is 29.3 Å². The summed E-state index contributed by atoms with van der Waals surface area (Å²) in [5.41, 5.74) is 10.5. The molecule has 0 atom stereocenters. The summed E-state index contributed by atoms with van der Waals surface area (Å²) in [5.74, 6) is -0.202. The van der Waals surface area contributed by atoms with Gasteiger partial charge in [0.1, 0.15) is 5.82 Å². The molecule has 0 heterocycles. The number of nitrogens with one attached hydrogen (secondary N) is 2. The van der Waals surface area contributed by atoms with Gasteiger partial charge in [-0.05, 0) is 42.9 Å². The molecule has 0 saturated carbocycles. The lowest BCUT2D eigenvalue weighted by atomic mass is 10.1. The van der Waals surface area contributed by atoms with Crippen molar-refractivity contribution in [3.05, 3.63) is 93.9 Å². The monoisotopic (exact) mass is 537 g/mol. The first kappa shape index (κ1) is 28.4. The predicted octanol–water partition coefficient (Wildman–Crippen LogP) is 3.16. The van der Waals surface area contributed by atoms with Gasteiger partial charge in [0.25, 0.3) is 0 Å². The summed E-state index contributed by atoms with van der Waals surface area (Å²) in [6.07, 6.45) is -9.30. The molecule has 12 heteroatoms. The molecule has 38 heavy (non-hydrogen) atoms. The summed E-state index contributed by atoms with van der Waals surface area (Å²) in [6, 6.07) is 14.3. The van der Waals surface area contributed by atoms with Crippen LogP contribution in [0.3, 0.4) is 0 Å². The summed E-state index contributed by atoms with van der Waals surface area (Å²) in [7, 11) is 1.76. The molecule has 0 bridgehead atoms. The highest BCUT2D eigenvalue weighted by molar-refractivity contribution is 5.76. The Morgan fingerprint density at radius 1 is 0.868 bits per heavy atom. The average molecular weight is 538 g/mol. The van der Waals surface area contributed by atoms with Crippen molar-refractivity contribution in [1.82, 2.24) is 5.32 Å². The van der Waals surface area contributed by atoms with E-state index in [4.69, 9.17) is 11.5 Å². The van der Waals surface area contributed by atoms with Crippen LogP contribution in [0.5, 0.6) is 0 Å². The number of halogens is 6. The van der Waals surface area contributed by atoms with Crippen molar-refractivity contribution in [3.8, 4) is 0 Å². The van der Waals surface area contributed by atoms with Crippen LogP contribution in [0.25, 0.3) is 11.5 Å². The Balaban J connectivity index is 2.07. The number of likely N-dealkylation sites (N-methyl/N-ethyl adjacent to an activating group) is 1. The summed E-state index contributed by atoms with van der Waals surface area (Å²) < 4.78 is 79.4. The van der Waals surface area contributed by atoms with Gasteiger partial charge in [-0.3, -0.25) is 4.79 Å². The maximum absolute atomic E-state index is 13.2. The summed E-state index contributed by atoms with van der Waals surface area (Å²) in [5, 5.41) is 6.07. The Morgan fingerprint density at radius 2 is 1.42 bits per heavy atom. The molecule has 6 nitrogen and oxygen atoms in total. The number of nitrogens with zero attached hydrogens (tertiary/aromatic N) is 1. The van der Waals surface area contributed by atoms with Gasteiger partial charge in [-0.15, -0.1) is 0 Å². The molecule has 6 N–H and O–H groups in total. The van der Waals surface area contributed by atoms with E-state index in [2.05, 4.69) is 10.6 Å². The van der Waals surface area contributed by atoms with Crippen LogP contribution in [0.15, 0.2) is 66.7 Å². The quantitative estimate of drug-likeness (QED) is 0.262. The van der Waals surface area contributed by atoms with Crippen LogP contribution in [0.4, 0.5) is 37.7 Å². The van der Waals surface area contributed by atoms with Crippen molar-refractivity contribution in [3.63, 3.8) is 0 Å². The fourth-order valence-electron chi connectivity index (χ4n) is 3.67. The van der Waals surface area contributed by atoms with E-state index in [0.29, 0.717) is 48.1 Å². The van der Waals surface area contributed by atoms with Crippen molar-refractivity contribution < 1.29 is 31.1 Å². The third-order valence-electron chi connectivity index (χ3n) is 5.61. The van der Waals surface area contributed by atoms with Gasteiger partial charge < -0.3 is 27.0 Å². The lowest BCUT2D eigenvalue weighted by Gasteiger charge is -2.17. The number of alkyl halides is 6. The molecular weight excluding hydrogens is 512 g/mol. The molecule has 0 fully saturated rings. The van der Waals surface area contributed by atoms with Crippen LogP contribution in [0.2, 0.25) is 0 Å². The lowest BCUT2D eigenvalue weighted by Crippen LogP contribution is -2.36. The molecule has 0 saturated heterocycles. The number of carbonyl (C=O) groups excluding carboxylic acids is 1. The maximum atomic E-state index is 13.2. The van der Waals surface area contributed by atoms with Crippen molar-refractivity contribution in [2.24, 2.45) is 11.5 Å². The summed E-state index contributed by atoms with van der Waals surface area (Å²) in [4.78, 5) is 12.9. The molecule has 0 aliphatic carbocycles. The van der Waals surface area contributed by atoms with Crippen LogP contribution in [-0.2, 0) is 17.1 Å². The van der Waals surface area contributed by atoms with Crippen molar-refractivity contribution in [2.45, 2.75) is 12.4 Å². The molecule has 0 aromatic heterocycles. The maximum Gasteiger partial charge on any atom is 0.416 e. The molecule has 0 aliphatic heterocycles. The van der Waals surface area contributed by atoms with E-state index in [1.807, 2.05) is 0 Å². The Kier molecular flexibility index (Phi) is 8.56. The standard InChI is InChI=1S/C26H25F6N5O/c1-35-10-11-37(15-38)20-8-6-16(7-9-20)23(33)21-4-2-3-5-22(21)24(34)36-19-13-17(25(27,28)29)12-18(14-19)26(30,31)32/h2-9,12-15,35-36H,10-11,33-34H2,1H3/b23-21-,24-22+. The van der Waals surface area contributed by atoms with E-state index in [-0.39, 0.29) is 22.8 Å². The molecule has 0 spiro atoms. The Morgan fingerprint density at radius 3 is 1.92 bits per heavy atom. The molecule has 202 valence electrons. The van der Waals surface area contributed by atoms with Gasteiger partial charge in [0, 0.05) is 40.6 Å².